The van der Waals surface area contributed by atoms with E-state index in [2.05, 4.69) is 25.5 Å². The Morgan fingerprint density at radius 1 is 1.40 bits per heavy atom. The predicted molar refractivity (Wildman–Crippen MR) is 122 cm³/mol. The van der Waals surface area contributed by atoms with Gasteiger partial charge in [0.1, 0.15) is 24.3 Å². The van der Waals surface area contributed by atoms with Gasteiger partial charge in [0.05, 0.1) is 11.6 Å². The maximum Gasteiger partial charge on any atom is 0.191 e. The topological polar surface area (TPSA) is 82.0 Å². The zero-order valence-electron chi connectivity index (χ0n) is 17.5. The van der Waals surface area contributed by atoms with Gasteiger partial charge in [-0.1, -0.05) is 23.7 Å². The quantitative estimate of drug-likeness (QED) is 0.440. The zero-order chi connectivity index (χ0) is 21.3. The van der Waals surface area contributed by atoms with Crippen LogP contribution in [0.25, 0.3) is 0 Å². The first-order valence-corrected chi connectivity index (χ1v) is 10.7. The molecule has 2 aromatic rings. The van der Waals surface area contributed by atoms with Crippen LogP contribution in [0.5, 0.6) is 5.75 Å². The number of halogens is 1. The minimum absolute atomic E-state index is 0.196. The SMILES string of the molecule is CCNC(=NCC(O)COc1cccc(C)c1)NC1CCN(c2ncccc2Cl)C1. The minimum atomic E-state index is -0.687. The van der Waals surface area contributed by atoms with Gasteiger partial charge in [0.2, 0.25) is 0 Å². The molecule has 2 atom stereocenters. The van der Waals surface area contributed by atoms with Gasteiger partial charge in [-0.3, -0.25) is 4.99 Å². The summed E-state index contributed by atoms with van der Waals surface area (Å²) in [6, 6.07) is 11.7. The summed E-state index contributed by atoms with van der Waals surface area (Å²) in [5, 5.41) is 17.6. The molecule has 2 unspecified atom stereocenters. The normalized spacial score (nSPS) is 17.7. The Bertz CT molecular complexity index is 848. The van der Waals surface area contributed by atoms with E-state index in [0.717, 1.165) is 43.2 Å². The van der Waals surface area contributed by atoms with Crippen molar-refractivity contribution in [3.8, 4) is 5.75 Å². The van der Waals surface area contributed by atoms with Gasteiger partial charge >= 0.3 is 0 Å². The summed E-state index contributed by atoms with van der Waals surface area (Å²) in [6.45, 7) is 6.88. The van der Waals surface area contributed by atoms with Crippen LogP contribution < -0.4 is 20.3 Å². The van der Waals surface area contributed by atoms with E-state index in [9.17, 15) is 5.11 Å². The van der Waals surface area contributed by atoms with Gasteiger partial charge in [0.15, 0.2) is 5.96 Å². The molecule has 162 valence electrons. The molecule has 0 amide bonds. The Hall–Kier alpha value is -2.51. The molecule has 0 saturated carbocycles. The molecule has 0 aliphatic carbocycles. The van der Waals surface area contributed by atoms with Crippen molar-refractivity contribution in [3.63, 3.8) is 0 Å². The zero-order valence-corrected chi connectivity index (χ0v) is 18.3. The number of hydrogen-bond acceptors (Lipinski definition) is 5. The van der Waals surface area contributed by atoms with Gasteiger partial charge in [0, 0.05) is 31.9 Å². The molecule has 3 rings (SSSR count). The summed E-state index contributed by atoms with van der Waals surface area (Å²) in [7, 11) is 0. The van der Waals surface area contributed by atoms with Crippen LogP contribution in [0.3, 0.4) is 0 Å². The number of hydrogen-bond donors (Lipinski definition) is 3. The third kappa shape index (κ3) is 6.50. The van der Waals surface area contributed by atoms with Crippen molar-refractivity contribution in [1.29, 1.82) is 0 Å². The van der Waals surface area contributed by atoms with Crippen molar-refractivity contribution >= 4 is 23.4 Å². The van der Waals surface area contributed by atoms with E-state index in [1.54, 1.807) is 6.20 Å². The Kier molecular flexibility index (Phi) is 8.16. The van der Waals surface area contributed by atoms with Crippen LogP contribution in [0.15, 0.2) is 47.6 Å². The number of anilines is 1. The Morgan fingerprint density at radius 2 is 2.27 bits per heavy atom. The first-order valence-electron chi connectivity index (χ1n) is 10.3. The summed E-state index contributed by atoms with van der Waals surface area (Å²) in [4.78, 5) is 11.1. The van der Waals surface area contributed by atoms with Gasteiger partial charge < -0.3 is 25.4 Å². The third-order valence-corrected chi connectivity index (χ3v) is 5.10. The van der Waals surface area contributed by atoms with Crippen LogP contribution in [-0.4, -0.2) is 61.0 Å². The van der Waals surface area contributed by atoms with E-state index in [-0.39, 0.29) is 19.2 Å². The fourth-order valence-corrected chi connectivity index (χ4v) is 3.58. The van der Waals surface area contributed by atoms with Gasteiger partial charge in [-0.15, -0.1) is 0 Å². The van der Waals surface area contributed by atoms with Crippen molar-refractivity contribution in [2.75, 3.05) is 37.7 Å². The number of rotatable bonds is 8. The molecule has 2 heterocycles. The van der Waals surface area contributed by atoms with E-state index in [1.807, 2.05) is 50.2 Å². The van der Waals surface area contributed by atoms with E-state index in [4.69, 9.17) is 16.3 Å². The standard InChI is InChI=1S/C22H30ClN5O2/c1-3-24-22(26-13-18(29)15-30-19-7-4-6-16(2)12-19)27-17-9-11-28(14-17)21-20(23)8-5-10-25-21/h4-8,10,12,17-18,29H,3,9,11,13-15H2,1-2H3,(H2,24,26,27). The lowest BCUT2D eigenvalue weighted by molar-refractivity contribution is 0.114. The van der Waals surface area contributed by atoms with Crippen LogP contribution in [0, 0.1) is 6.92 Å². The highest BCUT2D eigenvalue weighted by molar-refractivity contribution is 6.32. The molecule has 30 heavy (non-hydrogen) atoms. The summed E-state index contributed by atoms with van der Waals surface area (Å²) in [6.07, 6.45) is 2.03. The van der Waals surface area contributed by atoms with Crippen molar-refractivity contribution in [2.45, 2.75) is 32.4 Å². The molecule has 0 spiro atoms. The number of nitrogens with one attached hydrogen (secondary N) is 2. The van der Waals surface area contributed by atoms with Crippen molar-refractivity contribution < 1.29 is 9.84 Å². The summed E-state index contributed by atoms with van der Waals surface area (Å²) in [5.41, 5.74) is 1.12. The second-order valence-electron chi connectivity index (χ2n) is 7.39. The fraction of sp³-hybridized carbons (Fsp3) is 0.455. The van der Waals surface area contributed by atoms with Gasteiger partial charge in [0.25, 0.3) is 0 Å². The molecule has 1 fully saturated rings. The van der Waals surface area contributed by atoms with E-state index >= 15 is 0 Å². The van der Waals surface area contributed by atoms with Crippen molar-refractivity contribution in [2.24, 2.45) is 4.99 Å². The Labute approximate surface area is 183 Å². The van der Waals surface area contributed by atoms with E-state index in [1.165, 1.54) is 0 Å². The largest absolute Gasteiger partial charge is 0.491 e. The van der Waals surface area contributed by atoms with Gasteiger partial charge in [-0.2, -0.15) is 0 Å². The molecular weight excluding hydrogens is 402 g/mol. The third-order valence-electron chi connectivity index (χ3n) is 4.80. The van der Waals surface area contributed by atoms with Crippen LogP contribution in [0.4, 0.5) is 5.82 Å². The molecule has 3 N–H and O–H groups in total. The molecule has 0 bridgehead atoms. The first kappa shape index (κ1) is 22.2. The van der Waals surface area contributed by atoms with Gasteiger partial charge in [-0.25, -0.2) is 4.98 Å². The number of guanidine groups is 1. The minimum Gasteiger partial charge on any atom is -0.491 e. The summed E-state index contributed by atoms with van der Waals surface area (Å²) < 4.78 is 5.66. The maximum absolute atomic E-state index is 10.3. The maximum atomic E-state index is 10.3. The highest BCUT2D eigenvalue weighted by Gasteiger charge is 2.25. The number of benzene rings is 1. The number of aliphatic hydroxyl groups is 1. The van der Waals surface area contributed by atoms with Crippen molar-refractivity contribution in [3.05, 3.63) is 53.2 Å². The molecule has 0 radical (unpaired) electrons. The second-order valence-corrected chi connectivity index (χ2v) is 7.79. The molecule has 1 aliphatic heterocycles. The molecule has 1 aromatic carbocycles. The van der Waals surface area contributed by atoms with Crippen LogP contribution >= 0.6 is 11.6 Å². The number of aliphatic hydroxyl groups excluding tert-OH is 1. The van der Waals surface area contributed by atoms with E-state index < -0.39 is 6.10 Å². The lowest BCUT2D eigenvalue weighted by Gasteiger charge is -2.20. The Morgan fingerprint density at radius 3 is 3.03 bits per heavy atom. The number of aliphatic imine (C=N–C) groups is 1. The number of aryl methyl sites for hydroxylation is 1. The summed E-state index contributed by atoms with van der Waals surface area (Å²) in [5.74, 6) is 2.25. The molecular formula is C22H30ClN5O2. The lowest BCUT2D eigenvalue weighted by atomic mass is 10.2. The first-order chi connectivity index (χ1) is 14.5. The molecule has 7 nitrogen and oxygen atoms in total. The van der Waals surface area contributed by atoms with Crippen molar-refractivity contribution in [1.82, 2.24) is 15.6 Å². The number of ether oxygens (including phenoxy) is 1. The molecule has 1 aromatic heterocycles. The number of aromatic nitrogens is 1. The smallest absolute Gasteiger partial charge is 0.191 e. The predicted octanol–water partition coefficient (Wildman–Crippen LogP) is 2.62. The highest BCUT2D eigenvalue weighted by Crippen LogP contribution is 2.25. The molecule has 8 heteroatoms. The number of pyridine rings is 1. The highest BCUT2D eigenvalue weighted by atomic mass is 35.5. The second kappa shape index (κ2) is 11.0. The lowest BCUT2D eigenvalue weighted by Crippen LogP contribution is -2.45. The fourth-order valence-electron chi connectivity index (χ4n) is 3.34. The van der Waals surface area contributed by atoms with E-state index in [0.29, 0.717) is 11.0 Å². The van der Waals surface area contributed by atoms with Gasteiger partial charge in [-0.05, 0) is 50.1 Å². The Balaban J connectivity index is 1.50. The average Bonchev–Trinajstić information content (AvgIpc) is 3.19. The molecule has 1 saturated heterocycles. The summed E-state index contributed by atoms with van der Waals surface area (Å²) >= 11 is 6.27. The van der Waals surface area contributed by atoms with Crippen LogP contribution in [0.2, 0.25) is 5.02 Å². The van der Waals surface area contributed by atoms with Crippen LogP contribution in [-0.2, 0) is 0 Å². The average molecular weight is 432 g/mol. The molecule has 1 aliphatic rings. The van der Waals surface area contributed by atoms with Crippen LogP contribution in [0.1, 0.15) is 18.9 Å². The monoisotopic (exact) mass is 431 g/mol. The number of nitrogens with zero attached hydrogens (tertiary/aromatic N) is 3.